The van der Waals surface area contributed by atoms with Gasteiger partial charge in [-0.3, -0.25) is 0 Å². The van der Waals surface area contributed by atoms with Crippen LogP contribution in [0.1, 0.15) is 10.4 Å². The van der Waals surface area contributed by atoms with Crippen LogP contribution < -0.4 is 10.1 Å². The number of hydrogen-bond acceptors (Lipinski definition) is 3. The minimum atomic E-state index is 0.491. The number of ether oxygens (including phenoxy) is 1. The highest BCUT2D eigenvalue weighted by atomic mass is 32.1. The lowest BCUT2D eigenvalue weighted by Gasteiger charge is -2.23. The van der Waals surface area contributed by atoms with Crippen molar-refractivity contribution in [2.75, 3.05) is 13.7 Å². The first kappa shape index (κ1) is 8.08. The molecular weight excluding hydrogens is 170 g/mol. The quantitative estimate of drug-likeness (QED) is 0.713. The van der Waals surface area contributed by atoms with Crippen molar-refractivity contribution in [1.29, 1.82) is 0 Å². The lowest BCUT2D eigenvalue weighted by molar-refractivity contribution is 0.247. The summed E-state index contributed by atoms with van der Waals surface area (Å²) in [5, 5.41) is 5.35. The van der Waals surface area contributed by atoms with Gasteiger partial charge in [-0.2, -0.15) is 0 Å². The summed E-state index contributed by atoms with van der Waals surface area (Å²) in [6.07, 6.45) is 1.11. The first-order valence-corrected chi connectivity index (χ1v) is 5.06. The van der Waals surface area contributed by atoms with E-state index in [1.165, 1.54) is 10.4 Å². The molecule has 1 aromatic rings. The number of likely N-dealkylation sites (N-methyl/N-ethyl adjacent to an activating group) is 1. The first-order valence-electron chi connectivity index (χ1n) is 4.18. The Hall–Kier alpha value is -0.540. The van der Waals surface area contributed by atoms with Gasteiger partial charge in [-0.15, -0.1) is 11.3 Å². The predicted molar refractivity (Wildman–Crippen MR) is 51.1 cm³/mol. The highest BCUT2D eigenvalue weighted by molar-refractivity contribution is 7.10. The third kappa shape index (κ3) is 1.23. The molecule has 1 aromatic heterocycles. The minimum Gasteiger partial charge on any atom is -0.491 e. The Balaban J connectivity index is 2.26. The number of aryl methyl sites for hydroxylation is 1. The molecule has 1 aliphatic heterocycles. The largest absolute Gasteiger partial charge is 0.491 e. The van der Waals surface area contributed by atoms with Gasteiger partial charge >= 0.3 is 0 Å². The standard InChI is InChI=1S/C9H13NOS/c1-6-8-3-7(10-2)4-11-9(8)5-12-6/h5,7,10H,3-4H2,1-2H3. The van der Waals surface area contributed by atoms with Crippen molar-refractivity contribution in [3.63, 3.8) is 0 Å². The number of thiophene rings is 1. The molecule has 1 N–H and O–H groups in total. The molecule has 0 spiro atoms. The van der Waals surface area contributed by atoms with E-state index in [4.69, 9.17) is 4.74 Å². The molecule has 2 nitrogen and oxygen atoms in total. The fourth-order valence-corrected chi connectivity index (χ4v) is 2.32. The number of fused-ring (bicyclic) bond motifs is 1. The Morgan fingerprint density at radius 3 is 3.25 bits per heavy atom. The molecule has 1 atom stereocenters. The van der Waals surface area contributed by atoms with Crippen LogP contribution in [-0.4, -0.2) is 19.7 Å². The second-order valence-corrected chi connectivity index (χ2v) is 4.22. The maximum atomic E-state index is 5.60. The molecule has 1 unspecified atom stereocenters. The lowest BCUT2D eigenvalue weighted by Crippen LogP contribution is -2.36. The summed E-state index contributed by atoms with van der Waals surface area (Å²) in [5.41, 5.74) is 1.39. The van der Waals surface area contributed by atoms with Gasteiger partial charge in [-0.05, 0) is 20.4 Å². The van der Waals surface area contributed by atoms with Gasteiger partial charge < -0.3 is 10.1 Å². The van der Waals surface area contributed by atoms with Gasteiger partial charge in [0.2, 0.25) is 0 Å². The molecule has 66 valence electrons. The molecule has 0 saturated heterocycles. The fraction of sp³-hybridized carbons (Fsp3) is 0.556. The Kier molecular flexibility index (Phi) is 2.07. The van der Waals surface area contributed by atoms with E-state index < -0.39 is 0 Å². The second-order valence-electron chi connectivity index (χ2n) is 3.14. The lowest BCUT2D eigenvalue weighted by atomic mass is 10.0. The topological polar surface area (TPSA) is 21.3 Å². The van der Waals surface area contributed by atoms with Gasteiger partial charge in [0, 0.05) is 21.9 Å². The van der Waals surface area contributed by atoms with Gasteiger partial charge in [0.15, 0.2) is 0 Å². The molecule has 3 heteroatoms. The summed E-state index contributed by atoms with van der Waals surface area (Å²) in [6.45, 7) is 2.96. The average molecular weight is 183 g/mol. The van der Waals surface area contributed by atoms with E-state index in [1.807, 2.05) is 7.05 Å². The fourth-order valence-electron chi connectivity index (χ4n) is 1.50. The molecule has 0 aromatic carbocycles. The summed E-state index contributed by atoms with van der Waals surface area (Å²) in [7, 11) is 1.99. The van der Waals surface area contributed by atoms with Crippen LogP contribution in [0.25, 0.3) is 0 Å². The van der Waals surface area contributed by atoms with Crippen molar-refractivity contribution in [2.24, 2.45) is 0 Å². The number of nitrogens with one attached hydrogen (secondary N) is 1. The average Bonchev–Trinajstić information content (AvgIpc) is 2.47. The van der Waals surface area contributed by atoms with Crippen molar-refractivity contribution >= 4 is 11.3 Å². The molecule has 0 fully saturated rings. The first-order chi connectivity index (χ1) is 5.81. The van der Waals surface area contributed by atoms with Crippen molar-refractivity contribution in [3.05, 3.63) is 15.8 Å². The van der Waals surface area contributed by atoms with E-state index in [1.54, 1.807) is 11.3 Å². The van der Waals surface area contributed by atoms with Gasteiger partial charge in [0.1, 0.15) is 12.4 Å². The predicted octanol–water partition coefficient (Wildman–Crippen LogP) is 1.58. The molecule has 1 aliphatic rings. The van der Waals surface area contributed by atoms with Crippen LogP contribution in [0.2, 0.25) is 0 Å². The number of rotatable bonds is 1. The summed E-state index contributed by atoms with van der Waals surface area (Å²) in [5.74, 6) is 1.10. The molecule has 0 aliphatic carbocycles. The maximum absolute atomic E-state index is 5.60. The Morgan fingerprint density at radius 2 is 2.50 bits per heavy atom. The van der Waals surface area contributed by atoms with E-state index in [0.717, 1.165) is 18.8 Å². The van der Waals surface area contributed by atoms with Crippen molar-refractivity contribution in [1.82, 2.24) is 5.32 Å². The van der Waals surface area contributed by atoms with E-state index in [2.05, 4.69) is 17.6 Å². The smallest absolute Gasteiger partial charge is 0.133 e. The summed E-state index contributed by atoms with van der Waals surface area (Å²) in [4.78, 5) is 1.39. The second kappa shape index (κ2) is 3.07. The Labute approximate surface area is 76.6 Å². The van der Waals surface area contributed by atoms with Crippen LogP contribution in [0.5, 0.6) is 5.75 Å². The van der Waals surface area contributed by atoms with E-state index >= 15 is 0 Å². The van der Waals surface area contributed by atoms with Gasteiger partial charge in [-0.25, -0.2) is 0 Å². The normalized spacial score (nSPS) is 21.7. The molecule has 0 radical (unpaired) electrons. The summed E-state index contributed by atoms with van der Waals surface area (Å²) >= 11 is 1.78. The molecule has 12 heavy (non-hydrogen) atoms. The highest BCUT2D eigenvalue weighted by Gasteiger charge is 2.20. The van der Waals surface area contributed by atoms with E-state index in [0.29, 0.717) is 6.04 Å². The number of hydrogen-bond donors (Lipinski definition) is 1. The van der Waals surface area contributed by atoms with Crippen LogP contribution in [0.15, 0.2) is 5.38 Å². The molecule has 0 amide bonds. The molecule has 2 rings (SSSR count). The third-order valence-electron chi connectivity index (χ3n) is 2.36. The summed E-state index contributed by atoms with van der Waals surface area (Å²) in [6, 6.07) is 0.491. The van der Waals surface area contributed by atoms with Crippen LogP contribution in [0, 0.1) is 6.92 Å². The molecule has 0 bridgehead atoms. The van der Waals surface area contributed by atoms with E-state index in [9.17, 15) is 0 Å². The van der Waals surface area contributed by atoms with Crippen molar-refractivity contribution in [3.8, 4) is 5.75 Å². The Morgan fingerprint density at radius 1 is 1.67 bits per heavy atom. The Bertz CT molecular complexity index is 282. The molecule has 2 heterocycles. The molecule has 0 saturated carbocycles. The summed E-state index contributed by atoms with van der Waals surface area (Å²) < 4.78 is 5.60. The highest BCUT2D eigenvalue weighted by Crippen LogP contribution is 2.32. The maximum Gasteiger partial charge on any atom is 0.133 e. The zero-order chi connectivity index (χ0) is 8.55. The van der Waals surface area contributed by atoms with Crippen molar-refractivity contribution in [2.45, 2.75) is 19.4 Å². The van der Waals surface area contributed by atoms with Crippen molar-refractivity contribution < 1.29 is 4.74 Å². The van der Waals surface area contributed by atoms with Crippen LogP contribution in [-0.2, 0) is 6.42 Å². The SMILES string of the molecule is CNC1COc2csc(C)c2C1. The third-order valence-corrected chi connectivity index (χ3v) is 3.30. The van der Waals surface area contributed by atoms with Crippen LogP contribution in [0.4, 0.5) is 0 Å². The van der Waals surface area contributed by atoms with Gasteiger partial charge in [0.25, 0.3) is 0 Å². The zero-order valence-electron chi connectivity index (χ0n) is 7.39. The minimum absolute atomic E-state index is 0.491. The molecular formula is C9H13NOS. The van der Waals surface area contributed by atoms with Gasteiger partial charge in [-0.1, -0.05) is 0 Å². The van der Waals surface area contributed by atoms with E-state index in [-0.39, 0.29) is 0 Å². The monoisotopic (exact) mass is 183 g/mol. The van der Waals surface area contributed by atoms with Gasteiger partial charge in [0.05, 0.1) is 0 Å². The van der Waals surface area contributed by atoms with Crippen LogP contribution >= 0.6 is 11.3 Å². The zero-order valence-corrected chi connectivity index (χ0v) is 8.20. The van der Waals surface area contributed by atoms with Crippen LogP contribution in [0.3, 0.4) is 0 Å².